The van der Waals surface area contributed by atoms with Gasteiger partial charge in [-0.2, -0.15) is 5.10 Å². The summed E-state index contributed by atoms with van der Waals surface area (Å²) >= 11 is 1.86. The molecule has 0 saturated carbocycles. The van der Waals surface area contributed by atoms with Crippen molar-refractivity contribution in [2.24, 2.45) is 0 Å². The number of piperidine rings is 1. The monoisotopic (exact) mass is 431 g/mol. The second-order valence-corrected chi connectivity index (χ2v) is 7.88. The minimum Gasteiger partial charge on any atom is -0.353 e. The van der Waals surface area contributed by atoms with Crippen LogP contribution in [0.25, 0.3) is 0 Å². The van der Waals surface area contributed by atoms with Gasteiger partial charge in [0.1, 0.15) is 5.54 Å². The van der Waals surface area contributed by atoms with Crippen molar-refractivity contribution in [2.75, 3.05) is 32.7 Å². The first-order valence-electron chi connectivity index (χ1n) is 9.05. The number of hydrogen-bond acceptors (Lipinski definition) is 5. The maximum absolute atomic E-state index is 13.0. The molecule has 150 valence electrons. The molecular formula is C18H27Cl2N5OS. The van der Waals surface area contributed by atoms with Gasteiger partial charge in [0.15, 0.2) is 0 Å². The average Bonchev–Trinajstić information content (AvgIpc) is 3.33. The number of nitrogens with one attached hydrogen (secondary N) is 2. The van der Waals surface area contributed by atoms with E-state index in [9.17, 15) is 4.79 Å². The second kappa shape index (κ2) is 9.89. The Hall–Kier alpha value is -1.12. The molecule has 27 heavy (non-hydrogen) atoms. The number of halogens is 2. The van der Waals surface area contributed by atoms with Crippen LogP contribution in [0.1, 0.15) is 23.3 Å². The van der Waals surface area contributed by atoms with Gasteiger partial charge in [0, 0.05) is 43.4 Å². The maximum atomic E-state index is 13.0. The van der Waals surface area contributed by atoms with Crippen molar-refractivity contribution in [2.45, 2.75) is 31.3 Å². The highest BCUT2D eigenvalue weighted by Crippen LogP contribution is 2.27. The van der Waals surface area contributed by atoms with E-state index in [1.165, 1.54) is 10.4 Å². The number of nitrogens with zero attached hydrogens (tertiary/aromatic N) is 3. The molecule has 2 N–H and O–H groups in total. The number of carbonyl (C=O) groups excluding carboxylic acids is 1. The molecule has 0 unspecified atom stereocenters. The maximum Gasteiger partial charge on any atom is 0.248 e. The quantitative estimate of drug-likeness (QED) is 0.759. The zero-order chi connectivity index (χ0) is 17.1. The molecule has 0 aliphatic carbocycles. The Morgan fingerprint density at radius 1 is 1.33 bits per heavy atom. The van der Waals surface area contributed by atoms with Crippen molar-refractivity contribution in [1.82, 2.24) is 25.3 Å². The van der Waals surface area contributed by atoms with E-state index in [0.717, 1.165) is 52.0 Å². The third-order valence-corrected chi connectivity index (χ3v) is 6.42. The van der Waals surface area contributed by atoms with Gasteiger partial charge in [-0.15, -0.1) is 36.2 Å². The number of carbonyl (C=O) groups is 1. The number of amides is 1. The Bertz CT molecular complexity index is 715. The Kier molecular flexibility index (Phi) is 8.12. The predicted octanol–water partition coefficient (Wildman–Crippen LogP) is 2.04. The predicted molar refractivity (Wildman–Crippen MR) is 113 cm³/mol. The molecule has 9 heteroatoms. The third-order valence-electron chi connectivity index (χ3n) is 5.40. The summed E-state index contributed by atoms with van der Waals surface area (Å²) in [6.07, 6.45) is 6.35. The molecule has 0 bridgehead atoms. The Morgan fingerprint density at radius 2 is 2.15 bits per heavy atom. The van der Waals surface area contributed by atoms with Crippen LogP contribution in [-0.4, -0.2) is 53.3 Å². The fourth-order valence-corrected chi connectivity index (χ4v) is 4.80. The van der Waals surface area contributed by atoms with Crippen molar-refractivity contribution in [1.29, 1.82) is 0 Å². The first-order chi connectivity index (χ1) is 12.3. The van der Waals surface area contributed by atoms with Gasteiger partial charge in [-0.3, -0.25) is 14.4 Å². The van der Waals surface area contributed by atoms with E-state index in [1.807, 2.05) is 28.3 Å². The van der Waals surface area contributed by atoms with Gasteiger partial charge in [0.2, 0.25) is 5.91 Å². The minimum atomic E-state index is -0.544. The summed E-state index contributed by atoms with van der Waals surface area (Å²) in [7, 11) is 0. The Labute approximate surface area is 176 Å². The molecule has 2 aliphatic heterocycles. The van der Waals surface area contributed by atoms with E-state index < -0.39 is 5.54 Å². The summed E-state index contributed by atoms with van der Waals surface area (Å²) in [6.45, 7) is 5.37. The zero-order valence-corrected chi connectivity index (χ0v) is 17.7. The lowest BCUT2D eigenvalue weighted by Gasteiger charge is -2.36. The minimum absolute atomic E-state index is 0. The molecule has 0 radical (unpaired) electrons. The summed E-state index contributed by atoms with van der Waals surface area (Å²) in [6, 6.07) is 4.12. The van der Waals surface area contributed by atoms with E-state index in [2.05, 4.69) is 32.1 Å². The average molecular weight is 432 g/mol. The van der Waals surface area contributed by atoms with Gasteiger partial charge in [0.05, 0.1) is 0 Å². The molecule has 4 heterocycles. The lowest BCUT2D eigenvalue weighted by molar-refractivity contribution is -0.132. The zero-order valence-electron chi connectivity index (χ0n) is 15.2. The fourth-order valence-electron chi connectivity index (χ4n) is 3.91. The van der Waals surface area contributed by atoms with Crippen LogP contribution in [0.3, 0.4) is 0 Å². The number of hydrogen-bond donors (Lipinski definition) is 2. The van der Waals surface area contributed by atoms with Gasteiger partial charge in [-0.1, -0.05) is 0 Å². The normalized spacial score (nSPS) is 18.7. The molecule has 1 amide bonds. The van der Waals surface area contributed by atoms with Gasteiger partial charge >= 0.3 is 0 Å². The standard InChI is InChI=1S/C18H25N5OS.2ClH/c24-17(18(4-7-19-8-5-18)23-10-1-6-21-23)20-9-12-22-11-2-16-15(14-22)3-13-25-16;;/h1,3,6,10,13,19H,2,4-5,7-9,11-12,14H2,(H,20,24);2*1H. The molecule has 2 aliphatic rings. The highest BCUT2D eigenvalue weighted by atomic mass is 35.5. The van der Waals surface area contributed by atoms with Crippen LogP contribution in [0.4, 0.5) is 0 Å². The van der Waals surface area contributed by atoms with Crippen LogP contribution in [0, 0.1) is 0 Å². The molecule has 2 aromatic heterocycles. The van der Waals surface area contributed by atoms with Crippen LogP contribution >= 0.6 is 36.2 Å². The van der Waals surface area contributed by atoms with Gasteiger partial charge in [-0.05, 0) is 55.4 Å². The lowest BCUT2D eigenvalue weighted by Crippen LogP contribution is -2.55. The summed E-state index contributed by atoms with van der Waals surface area (Å²) in [4.78, 5) is 17.0. The highest BCUT2D eigenvalue weighted by Gasteiger charge is 2.41. The summed E-state index contributed by atoms with van der Waals surface area (Å²) < 4.78 is 1.85. The van der Waals surface area contributed by atoms with E-state index in [0.29, 0.717) is 6.54 Å². The van der Waals surface area contributed by atoms with Crippen LogP contribution in [0.15, 0.2) is 29.9 Å². The SMILES string of the molecule is Cl.Cl.O=C(NCCN1CCc2sccc2C1)C1(n2cccn2)CCNCC1. The Balaban J connectivity index is 0.00000131. The Morgan fingerprint density at radius 3 is 2.89 bits per heavy atom. The molecule has 0 spiro atoms. The van der Waals surface area contributed by atoms with Crippen LogP contribution in [-0.2, 0) is 23.3 Å². The van der Waals surface area contributed by atoms with E-state index in [1.54, 1.807) is 6.20 Å². The molecule has 0 atom stereocenters. The molecule has 6 nitrogen and oxygen atoms in total. The topological polar surface area (TPSA) is 62.2 Å². The number of thiophene rings is 1. The molecule has 0 aromatic carbocycles. The van der Waals surface area contributed by atoms with Crippen LogP contribution in [0.2, 0.25) is 0 Å². The molecule has 1 fully saturated rings. The molecule has 4 rings (SSSR count). The number of rotatable bonds is 5. The number of aromatic nitrogens is 2. The summed E-state index contributed by atoms with van der Waals surface area (Å²) in [5, 5.41) is 13.1. The van der Waals surface area contributed by atoms with Gasteiger partial charge in [0.25, 0.3) is 0 Å². The van der Waals surface area contributed by atoms with Gasteiger partial charge in [-0.25, -0.2) is 0 Å². The van der Waals surface area contributed by atoms with Crippen molar-refractivity contribution in [3.63, 3.8) is 0 Å². The smallest absolute Gasteiger partial charge is 0.248 e. The fraction of sp³-hybridized carbons (Fsp3) is 0.556. The third kappa shape index (κ3) is 4.66. The first kappa shape index (κ1) is 22.2. The van der Waals surface area contributed by atoms with Crippen molar-refractivity contribution >= 4 is 42.1 Å². The lowest BCUT2D eigenvalue weighted by atomic mass is 9.87. The molecule has 2 aromatic rings. The second-order valence-electron chi connectivity index (χ2n) is 6.88. The van der Waals surface area contributed by atoms with Crippen molar-refractivity contribution in [3.8, 4) is 0 Å². The summed E-state index contributed by atoms with van der Waals surface area (Å²) in [5.74, 6) is 0.103. The van der Waals surface area contributed by atoms with E-state index >= 15 is 0 Å². The molecular weight excluding hydrogens is 405 g/mol. The van der Waals surface area contributed by atoms with Crippen LogP contribution < -0.4 is 10.6 Å². The first-order valence-corrected chi connectivity index (χ1v) is 9.93. The van der Waals surface area contributed by atoms with E-state index in [4.69, 9.17) is 0 Å². The molecule has 1 saturated heterocycles. The summed E-state index contributed by atoms with van der Waals surface area (Å²) in [5.41, 5.74) is 0.908. The largest absolute Gasteiger partial charge is 0.353 e. The van der Waals surface area contributed by atoms with Crippen LogP contribution in [0.5, 0.6) is 0 Å². The highest BCUT2D eigenvalue weighted by molar-refractivity contribution is 7.10. The number of fused-ring (bicyclic) bond motifs is 1. The van der Waals surface area contributed by atoms with Crippen molar-refractivity contribution in [3.05, 3.63) is 40.3 Å². The van der Waals surface area contributed by atoms with Crippen molar-refractivity contribution < 1.29 is 4.79 Å². The van der Waals surface area contributed by atoms with Gasteiger partial charge < -0.3 is 10.6 Å². The van der Waals surface area contributed by atoms with E-state index in [-0.39, 0.29) is 30.7 Å².